The molecule has 0 radical (unpaired) electrons. The lowest BCUT2D eigenvalue weighted by Crippen LogP contribution is -2.30. The van der Waals surface area contributed by atoms with E-state index in [9.17, 15) is 8.42 Å². The van der Waals surface area contributed by atoms with Crippen LogP contribution in [0.2, 0.25) is 5.02 Å². The van der Waals surface area contributed by atoms with Gasteiger partial charge in [0.15, 0.2) is 0 Å². The molecule has 0 saturated carbocycles. The van der Waals surface area contributed by atoms with Gasteiger partial charge in [0, 0.05) is 37.3 Å². The first-order valence-electron chi connectivity index (χ1n) is 8.54. The molecule has 0 aliphatic carbocycles. The van der Waals surface area contributed by atoms with Crippen molar-refractivity contribution in [3.63, 3.8) is 0 Å². The predicted molar refractivity (Wildman–Crippen MR) is 104 cm³/mol. The Morgan fingerprint density at radius 3 is 2.69 bits per heavy atom. The molecular formula is C17H22ClN5O2S. The molecule has 1 aliphatic rings. The van der Waals surface area contributed by atoms with Crippen molar-refractivity contribution in [2.75, 3.05) is 36.4 Å². The van der Waals surface area contributed by atoms with E-state index < -0.39 is 10.0 Å². The molecule has 1 fully saturated rings. The second-order valence-corrected chi connectivity index (χ2v) is 8.41. The van der Waals surface area contributed by atoms with Gasteiger partial charge in [-0.2, -0.15) is 0 Å². The van der Waals surface area contributed by atoms with Gasteiger partial charge in [-0.25, -0.2) is 23.1 Å². The SMILES string of the molecule is O=S(=O)(Cc1cccc(Cl)c1)NCCNc1cc(N2CCCC2)ncn1. The van der Waals surface area contributed by atoms with Gasteiger partial charge in [-0.3, -0.25) is 0 Å². The Bertz CT molecular complexity index is 841. The summed E-state index contributed by atoms with van der Waals surface area (Å²) in [5.74, 6) is 1.50. The summed E-state index contributed by atoms with van der Waals surface area (Å²) in [6.45, 7) is 2.73. The van der Waals surface area contributed by atoms with Crippen LogP contribution in [0.1, 0.15) is 18.4 Å². The minimum absolute atomic E-state index is 0.0970. The van der Waals surface area contributed by atoms with Crippen molar-refractivity contribution in [2.24, 2.45) is 0 Å². The van der Waals surface area contributed by atoms with Crippen molar-refractivity contribution in [2.45, 2.75) is 18.6 Å². The fourth-order valence-corrected chi connectivity index (χ4v) is 4.20. The van der Waals surface area contributed by atoms with Crippen LogP contribution >= 0.6 is 11.6 Å². The minimum atomic E-state index is -3.42. The lowest BCUT2D eigenvalue weighted by atomic mass is 10.2. The van der Waals surface area contributed by atoms with E-state index in [2.05, 4.69) is 24.9 Å². The summed E-state index contributed by atoms with van der Waals surface area (Å²) in [4.78, 5) is 10.7. The molecule has 9 heteroatoms. The van der Waals surface area contributed by atoms with Crippen molar-refractivity contribution in [1.29, 1.82) is 0 Å². The van der Waals surface area contributed by atoms with Gasteiger partial charge in [0.25, 0.3) is 0 Å². The zero-order valence-electron chi connectivity index (χ0n) is 14.4. The molecule has 1 aromatic heterocycles. The number of nitrogens with zero attached hydrogens (tertiary/aromatic N) is 3. The number of anilines is 2. The molecular weight excluding hydrogens is 374 g/mol. The molecule has 3 rings (SSSR count). The van der Waals surface area contributed by atoms with Crippen molar-refractivity contribution in [3.05, 3.63) is 47.2 Å². The van der Waals surface area contributed by atoms with Gasteiger partial charge in [-0.15, -0.1) is 0 Å². The Morgan fingerprint density at radius 1 is 1.12 bits per heavy atom. The van der Waals surface area contributed by atoms with Crippen LogP contribution in [0, 0.1) is 0 Å². The largest absolute Gasteiger partial charge is 0.369 e. The second kappa shape index (κ2) is 8.66. The van der Waals surface area contributed by atoms with Crippen LogP contribution < -0.4 is 14.9 Å². The van der Waals surface area contributed by atoms with Crippen LogP contribution in [0.3, 0.4) is 0 Å². The summed E-state index contributed by atoms with van der Waals surface area (Å²) in [5.41, 5.74) is 0.656. The number of nitrogens with one attached hydrogen (secondary N) is 2. The zero-order chi connectivity index (χ0) is 18.4. The summed E-state index contributed by atoms with van der Waals surface area (Å²) >= 11 is 5.89. The second-order valence-electron chi connectivity index (χ2n) is 6.17. The lowest BCUT2D eigenvalue weighted by molar-refractivity contribution is 0.582. The maximum Gasteiger partial charge on any atom is 0.215 e. The number of halogens is 1. The van der Waals surface area contributed by atoms with Crippen molar-refractivity contribution in [1.82, 2.24) is 14.7 Å². The Morgan fingerprint density at radius 2 is 1.92 bits per heavy atom. The van der Waals surface area contributed by atoms with E-state index in [1.165, 1.54) is 19.2 Å². The summed E-state index contributed by atoms with van der Waals surface area (Å²) in [7, 11) is -3.42. The third-order valence-corrected chi connectivity index (χ3v) is 5.67. The Kier molecular flexibility index (Phi) is 6.29. The average Bonchev–Trinajstić information content (AvgIpc) is 3.13. The highest BCUT2D eigenvalue weighted by molar-refractivity contribution is 7.88. The quantitative estimate of drug-likeness (QED) is 0.666. The predicted octanol–water partition coefficient (Wildman–Crippen LogP) is 2.26. The molecule has 1 saturated heterocycles. The van der Waals surface area contributed by atoms with Gasteiger partial charge < -0.3 is 10.2 Å². The third-order valence-electron chi connectivity index (χ3n) is 4.08. The average molecular weight is 396 g/mol. The van der Waals surface area contributed by atoms with Crippen LogP contribution in [0.25, 0.3) is 0 Å². The maximum absolute atomic E-state index is 12.1. The van der Waals surface area contributed by atoms with E-state index in [-0.39, 0.29) is 12.3 Å². The fourth-order valence-electron chi connectivity index (χ4n) is 2.86. The van der Waals surface area contributed by atoms with Crippen LogP contribution in [0.15, 0.2) is 36.7 Å². The van der Waals surface area contributed by atoms with Crippen molar-refractivity contribution >= 4 is 33.3 Å². The molecule has 2 N–H and O–H groups in total. The minimum Gasteiger partial charge on any atom is -0.369 e. The highest BCUT2D eigenvalue weighted by atomic mass is 35.5. The standard InChI is InChI=1S/C17H22ClN5O2S/c18-15-5-3-4-14(10-15)12-26(24,25)22-7-6-19-16-11-17(21-13-20-16)23-8-1-2-9-23/h3-5,10-11,13,22H,1-2,6-9,12H2,(H,19,20,21). The van der Waals surface area contributed by atoms with Crippen LogP contribution in [-0.2, 0) is 15.8 Å². The summed E-state index contributed by atoms with van der Waals surface area (Å²) in [5, 5.41) is 3.65. The lowest BCUT2D eigenvalue weighted by Gasteiger charge is -2.16. The molecule has 0 spiro atoms. The molecule has 1 aromatic carbocycles. The summed E-state index contributed by atoms with van der Waals surface area (Å²) in [6, 6.07) is 8.74. The number of benzene rings is 1. The van der Waals surface area contributed by atoms with E-state index in [1.807, 2.05) is 6.07 Å². The molecule has 2 heterocycles. The van der Waals surface area contributed by atoms with E-state index >= 15 is 0 Å². The molecule has 7 nitrogen and oxygen atoms in total. The maximum atomic E-state index is 12.1. The Balaban J connectivity index is 1.46. The summed E-state index contributed by atoms with van der Waals surface area (Å²) < 4.78 is 26.9. The van der Waals surface area contributed by atoms with Gasteiger partial charge in [0.2, 0.25) is 10.0 Å². The van der Waals surface area contributed by atoms with Gasteiger partial charge in [0.1, 0.15) is 18.0 Å². The van der Waals surface area contributed by atoms with E-state index in [0.717, 1.165) is 18.9 Å². The van der Waals surface area contributed by atoms with Crippen molar-refractivity contribution in [3.8, 4) is 0 Å². The van der Waals surface area contributed by atoms with E-state index in [0.29, 0.717) is 22.9 Å². The first-order chi connectivity index (χ1) is 12.5. The smallest absolute Gasteiger partial charge is 0.215 e. The highest BCUT2D eigenvalue weighted by Gasteiger charge is 2.14. The number of rotatable bonds is 8. The molecule has 140 valence electrons. The molecule has 0 bridgehead atoms. The van der Waals surface area contributed by atoms with Gasteiger partial charge in [-0.05, 0) is 30.5 Å². The normalized spacial score (nSPS) is 14.6. The van der Waals surface area contributed by atoms with Gasteiger partial charge >= 0.3 is 0 Å². The first kappa shape index (κ1) is 18.9. The number of hydrogen-bond acceptors (Lipinski definition) is 6. The van der Waals surface area contributed by atoms with Crippen LogP contribution in [-0.4, -0.2) is 44.6 Å². The number of hydrogen-bond donors (Lipinski definition) is 2. The Hall–Kier alpha value is -1.90. The molecule has 0 atom stereocenters. The van der Waals surface area contributed by atoms with Gasteiger partial charge in [0.05, 0.1) is 5.75 Å². The highest BCUT2D eigenvalue weighted by Crippen LogP contribution is 2.19. The van der Waals surface area contributed by atoms with Gasteiger partial charge in [-0.1, -0.05) is 23.7 Å². The number of aromatic nitrogens is 2. The molecule has 1 aliphatic heterocycles. The fraction of sp³-hybridized carbons (Fsp3) is 0.412. The molecule has 0 unspecified atom stereocenters. The first-order valence-corrected chi connectivity index (χ1v) is 10.6. The zero-order valence-corrected chi connectivity index (χ0v) is 15.9. The molecule has 2 aromatic rings. The molecule has 26 heavy (non-hydrogen) atoms. The van der Waals surface area contributed by atoms with Crippen LogP contribution in [0.4, 0.5) is 11.6 Å². The van der Waals surface area contributed by atoms with Crippen molar-refractivity contribution < 1.29 is 8.42 Å². The van der Waals surface area contributed by atoms with E-state index in [1.54, 1.807) is 24.3 Å². The van der Waals surface area contributed by atoms with E-state index in [4.69, 9.17) is 11.6 Å². The summed E-state index contributed by atoms with van der Waals surface area (Å²) in [6.07, 6.45) is 3.89. The Labute approximate surface area is 158 Å². The third kappa shape index (κ3) is 5.55. The van der Waals surface area contributed by atoms with Crippen LogP contribution in [0.5, 0.6) is 0 Å². The molecule has 0 amide bonds. The monoisotopic (exact) mass is 395 g/mol. The number of sulfonamides is 1. The topological polar surface area (TPSA) is 87.2 Å².